The highest BCUT2D eigenvalue weighted by atomic mass is 16.5. The van der Waals surface area contributed by atoms with Gasteiger partial charge in [-0.3, -0.25) is 9.59 Å². The number of ether oxygens (including phenoxy) is 1. The maximum Gasteiger partial charge on any atom is 0.407 e. The molecule has 5 atom stereocenters. The number of carbonyl (C=O) groups is 3. The normalized spacial score (nSPS) is 24.9. The van der Waals surface area contributed by atoms with Crippen molar-refractivity contribution in [2.45, 2.75) is 44.6 Å². The van der Waals surface area contributed by atoms with E-state index in [1.54, 1.807) is 0 Å². The molecule has 2 fully saturated rings. The second-order valence-corrected chi connectivity index (χ2v) is 10.4. The summed E-state index contributed by atoms with van der Waals surface area (Å²) in [6.07, 6.45) is 2.08. The monoisotopic (exact) mass is 476 g/mol. The first-order chi connectivity index (χ1) is 16.9. The van der Waals surface area contributed by atoms with Crippen LogP contribution in [0.2, 0.25) is 0 Å². The van der Waals surface area contributed by atoms with Gasteiger partial charge in [0.2, 0.25) is 5.91 Å². The zero-order valence-electron chi connectivity index (χ0n) is 19.9. The first-order valence-corrected chi connectivity index (χ1v) is 12.5. The molecule has 0 saturated heterocycles. The van der Waals surface area contributed by atoms with Gasteiger partial charge in [-0.2, -0.15) is 0 Å². The van der Waals surface area contributed by atoms with E-state index in [9.17, 15) is 19.5 Å². The van der Waals surface area contributed by atoms with Gasteiger partial charge in [0.05, 0.1) is 5.92 Å². The van der Waals surface area contributed by atoms with Gasteiger partial charge < -0.3 is 20.5 Å². The van der Waals surface area contributed by atoms with Crippen LogP contribution >= 0.6 is 0 Å². The van der Waals surface area contributed by atoms with Crippen LogP contribution in [0.25, 0.3) is 11.1 Å². The largest absolute Gasteiger partial charge is 0.481 e. The van der Waals surface area contributed by atoms with E-state index < -0.39 is 12.1 Å². The Bertz CT molecular complexity index is 1090. The Hall–Kier alpha value is -3.35. The number of nitrogens with one attached hydrogen (secondary N) is 2. The minimum Gasteiger partial charge on any atom is -0.481 e. The van der Waals surface area contributed by atoms with Crippen LogP contribution < -0.4 is 10.6 Å². The van der Waals surface area contributed by atoms with E-state index >= 15 is 0 Å². The van der Waals surface area contributed by atoms with Crippen LogP contribution in [-0.4, -0.2) is 42.3 Å². The zero-order valence-corrected chi connectivity index (χ0v) is 19.9. The van der Waals surface area contributed by atoms with Gasteiger partial charge in [-0.25, -0.2) is 4.79 Å². The van der Waals surface area contributed by atoms with Crippen molar-refractivity contribution in [2.75, 3.05) is 13.2 Å². The van der Waals surface area contributed by atoms with Gasteiger partial charge in [-0.05, 0) is 59.3 Å². The van der Waals surface area contributed by atoms with Crippen LogP contribution in [0.4, 0.5) is 4.79 Å². The molecule has 7 nitrogen and oxygen atoms in total. The Labute approximate surface area is 205 Å². The molecule has 0 radical (unpaired) electrons. The first kappa shape index (κ1) is 23.4. The summed E-state index contributed by atoms with van der Waals surface area (Å²) in [5, 5.41) is 15.1. The Kier molecular flexibility index (Phi) is 6.50. The second kappa shape index (κ2) is 9.72. The first-order valence-electron chi connectivity index (χ1n) is 12.5. The molecule has 0 spiro atoms. The highest BCUT2D eigenvalue weighted by Gasteiger charge is 2.49. The Morgan fingerprint density at radius 3 is 2.31 bits per heavy atom. The van der Waals surface area contributed by atoms with Crippen molar-refractivity contribution >= 4 is 18.0 Å². The van der Waals surface area contributed by atoms with Crippen LogP contribution in [0.15, 0.2) is 48.5 Å². The molecule has 2 unspecified atom stereocenters. The Morgan fingerprint density at radius 2 is 1.66 bits per heavy atom. The van der Waals surface area contributed by atoms with Gasteiger partial charge in [0.15, 0.2) is 0 Å². The van der Waals surface area contributed by atoms with E-state index in [2.05, 4.69) is 34.9 Å². The number of rotatable bonds is 8. The third-order valence-corrected chi connectivity index (χ3v) is 7.99. The summed E-state index contributed by atoms with van der Waals surface area (Å²) < 4.78 is 5.56. The number of fused-ring (bicyclic) bond motifs is 4. The van der Waals surface area contributed by atoms with Crippen LogP contribution in [0.3, 0.4) is 0 Å². The van der Waals surface area contributed by atoms with Gasteiger partial charge in [0, 0.05) is 24.9 Å². The average Bonchev–Trinajstić information content (AvgIpc) is 3.35. The van der Waals surface area contributed by atoms with E-state index in [1.165, 1.54) is 22.3 Å². The minimum atomic E-state index is -0.725. The second-order valence-electron chi connectivity index (χ2n) is 10.4. The molecule has 2 saturated carbocycles. The number of alkyl carbamates (subject to hydrolysis) is 1. The van der Waals surface area contributed by atoms with Crippen LogP contribution in [0.5, 0.6) is 0 Å². The topological polar surface area (TPSA) is 105 Å². The molecule has 3 N–H and O–H groups in total. The van der Waals surface area contributed by atoms with E-state index in [0.29, 0.717) is 25.3 Å². The summed E-state index contributed by atoms with van der Waals surface area (Å²) in [7, 11) is 0. The van der Waals surface area contributed by atoms with Crippen molar-refractivity contribution in [2.24, 2.45) is 23.7 Å². The van der Waals surface area contributed by atoms with Crippen molar-refractivity contribution in [3.05, 3.63) is 59.7 Å². The van der Waals surface area contributed by atoms with Crippen LogP contribution in [-0.2, 0) is 14.3 Å². The van der Waals surface area contributed by atoms with E-state index in [1.807, 2.05) is 31.2 Å². The molecule has 3 aliphatic carbocycles. The summed E-state index contributed by atoms with van der Waals surface area (Å²) in [4.78, 5) is 36.1. The van der Waals surface area contributed by atoms with E-state index in [-0.39, 0.29) is 42.2 Å². The van der Waals surface area contributed by atoms with Crippen molar-refractivity contribution in [3.8, 4) is 11.1 Å². The van der Waals surface area contributed by atoms with Crippen molar-refractivity contribution in [1.29, 1.82) is 0 Å². The lowest BCUT2D eigenvalue weighted by Crippen LogP contribution is -2.50. The number of hydrogen-bond acceptors (Lipinski definition) is 4. The van der Waals surface area contributed by atoms with Gasteiger partial charge in [0.1, 0.15) is 6.61 Å². The zero-order chi connectivity index (χ0) is 24.5. The van der Waals surface area contributed by atoms with Crippen LogP contribution in [0.1, 0.15) is 49.7 Å². The molecule has 0 aromatic heterocycles. The molecule has 184 valence electrons. The van der Waals surface area contributed by atoms with Gasteiger partial charge in [-0.15, -0.1) is 0 Å². The van der Waals surface area contributed by atoms with Crippen molar-refractivity contribution in [3.63, 3.8) is 0 Å². The van der Waals surface area contributed by atoms with Crippen molar-refractivity contribution < 1.29 is 24.2 Å². The quantitative estimate of drug-likeness (QED) is 0.531. The SMILES string of the molecule is CC(CNC(=O)OCC1c2ccccc2-c2ccccc21)CC(=O)N[C@H]1C[C@H]2CC(C(=O)O)C[C@H]21. The Balaban J connectivity index is 1.05. The highest BCUT2D eigenvalue weighted by molar-refractivity contribution is 5.79. The predicted molar refractivity (Wildman–Crippen MR) is 131 cm³/mol. The summed E-state index contributed by atoms with van der Waals surface area (Å²) in [5.41, 5.74) is 4.71. The molecule has 7 heteroatoms. The van der Waals surface area contributed by atoms with Gasteiger partial charge >= 0.3 is 12.1 Å². The summed E-state index contributed by atoms with van der Waals surface area (Å²) in [6, 6.07) is 16.5. The number of benzene rings is 2. The summed E-state index contributed by atoms with van der Waals surface area (Å²) in [6.45, 7) is 2.53. The Morgan fingerprint density at radius 1 is 1.00 bits per heavy atom. The third-order valence-electron chi connectivity index (χ3n) is 7.99. The molecule has 0 bridgehead atoms. The maximum atomic E-state index is 12.5. The van der Waals surface area contributed by atoms with Gasteiger partial charge in [0.25, 0.3) is 0 Å². The maximum absolute atomic E-state index is 12.5. The highest BCUT2D eigenvalue weighted by Crippen LogP contribution is 2.49. The van der Waals surface area contributed by atoms with Crippen LogP contribution in [0, 0.1) is 23.7 Å². The molecule has 2 aromatic rings. The molecule has 0 aliphatic heterocycles. The number of carboxylic acid groups (broad SMARTS) is 1. The third kappa shape index (κ3) is 4.77. The lowest BCUT2D eigenvalue weighted by atomic mass is 9.71. The minimum absolute atomic E-state index is 0.0129. The fourth-order valence-corrected chi connectivity index (χ4v) is 6.16. The van der Waals surface area contributed by atoms with E-state index in [0.717, 1.165) is 12.8 Å². The fourth-order valence-electron chi connectivity index (χ4n) is 6.16. The molecule has 3 aliphatic rings. The predicted octanol–water partition coefficient (Wildman–Crippen LogP) is 4.17. The molecule has 2 amide bonds. The lowest BCUT2D eigenvalue weighted by Gasteiger charge is -2.41. The molecular formula is C28H32N2O5. The molecule has 5 rings (SSSR count). The fraction of sp³-hybridized carbons (Fsp3) is 0.464. The smallest absolute Gasteiger partial charge is 0.407 e. The summed E-state index contributed by atoms with van der Waals surface area (Å²) >= 11 is 0. The standard InChI is InChI=1S/C28H32N2O5/c1-16(10-26(31)30-25-13-17-11-18(27(32)33)12-23(17)25)14-29-28(34)35-15-24-21-8-4-2-6-19(21)20-7-3-5-9-22(20)24/h2-9,16-18,23-25H,10-15H2,1H3,(H,29,34)(H,30,31)(H,32,33)/t16?,17-,18?,23-,25+/m1/s1. The lowest BCUT2D eigenvalue weighted by molar-refractivity contribution is -0.141. The number of carboxylic acids is 1. The average molecular weight is 477 g/mol. The van der Waals surface area contributed by atoms with Gasteiger partial charge in [-0.1, -0.05) is 55.5 Å². The van der Waals surface area contributed by atoms with E-state index in [4.69, 9.17) is 4.74 Å². The number of carbonyl (C=O) groups excluding carboxylic acids is 2. The molecule has 2 aromatic carbocycles. The van der Waals surface area contributed by atoms with Crippen molar-refractivity contribution in [1.82, 2.24) is 10.6 Å². The molecule has 35 heavy (non-hydrogen) atoms. The summed E-state index contributed by atoms with van der Waals surface area (Å²) in [5.74, 6) is -0.359. The number of aliphatic carboxylic acids is 1. The number of hydrogen-bond donors (Lipinski definition) is 3. The number of amides is 2. The molecule has 0 heterocycles. The molecular weight excluding hydrogens is 444 g/mol.